The molecule has 1 saturated carbocycles. The van der Waals surface area contributed by atoms with Crippen LogP contribution in [0.2, 0.25) is 5.02 Å². The number of aromatic nitrogens is 4. The Labute approximate surface area is 198 Å². The van der Waals surface area contributed by atoms with Gasteiger partial charge >= 0.3 is 0 Å². The van der Waals surface area contributed by atoms with Gasteiger partial charge in [-0.2, -0.15) is 10.4 Å². The van der Waals surface area contributed by atoms with E-state index in [1.807, 2.05) is 6.07 Å². The lowest BCUT2D eigenvalue weighted by Crippen LogP contribution is -2.26. The minimum absolute atomic E-state index is 0.00901. The van der Waals surface area contributed by atoms with Gasteiger partial charge in [0.25, 0.3) is 5.56 Å². The minimum Gasteiger partial charge on any atom is -0.394 e. The predicted octanol–water partition coefficient (Wildman–Crippen LogP) is 3.48. The molecule has 0 bridgehead atoms. The third kappa shape index (κ3) is 4.02. The highest BCUT2D eigenvalue weighted by Gasteiger charge is 2.31. The van der Waals surface area contributed by atoms with Crippen LogP contribution in [0.1, 0.15) is 24.0 Å². The van der Waals surface area contributed by atoms with Crippen LogP contribution in [0.25, 0.3) is 16.6 Å². The van der Waals surface area contributed by atoms with Crippen LogP contribution in [0.5, 0.6) is 0 Å². The van der Waals surface area contributed by atoms with E-state index in [9.17, 15) is 19.6 Å². The number of nitriles is 1. The minimum atomic E-state index is -0.507. The largest absolute Gasteiger partial charge is 0.394 e. The first-order valence-corrected chi connectivity index (χ1v) is 11.2. The van der Waals surface area contributed by atoms with Crippen LogP contribution in [0.15, 0.2) is 53.7 Å². The molecule has 0 aliphatic heterocycles. The number of nitrogens with zero attached hydrogens (tertiary/aromatic N) is 5. The van der Waals surface area contributed by atoms with E-state index >= 15 is 0 Å². The Morgan fingerprint density at radius 1 is 1.32 bits per heavy atom. The van der Waals surface area contributed by atoms with Crippen LogP contribution in [-0.2, 0) is 6.54 Å². The number of aliphatic hydroxyl groups excluding tert-OH is 1. The molecule has 1 aliphatic carbocycles. The van der Waals surface area contributed by atoms with Crippen molar-refractivity contribution in [1.29, 1.82) is 5.26 Å². The van der Waals surface area contributed by atoms with Gasteiger partial charge in [-0.25, -0.2) is 9.37 Å². The number of halogens is 2. The fourth-order valence-electron chi connectivity index (χ4n) is 4.06. The quantitative estimate of drug-likeness (QED) is 0.421. The maximum Gasteiger partial charge on any atom is 0.266 e. The van der Waals surface area contributed by atoms with Crippen molar-refractivity contribution in [2.45, 2.75) is 25.4 Å². The van der Waals surface area contributed by atoms with Gasteiger partial charge in [0, 0.05) is 17.8 Å². The summed E-state index contributed by atoms with van der Waals surface area (Å²) in [7, 11) is 0. The molecule has 0 saturated heterocycles. The van der Waals surface area contributed by atoms with Gasteiger partial charge < -0.3 is 10.4 Å². The second-order valence-electron chi connectivity index (χ2n) is 8.26. The van der Waals surface area contributed by atoms with Gasteiger partial charge in [0.15, 0.2) is 0 Å². The Hall–Kier alpha value is -3.74. The van der Waals surface area contributed by atoms with Crippen molar-refractivity contribution in [3.63, 3.8) is 0 Å². The van der Waals surface area contributed by atoms with Crippen LogP contribution in [-0.4, -0.2) is 37.1 Å². The van der Waals surface area contributed by atoms with Crippen molar-refractivity contribution < 1.29 is 9.50 Å². The van der Waals surface area contributed by atoms with Gasteiger partial charge in [-0.3, -0.25) is 14.0 Å². The number of fused-ring (bicyclic) bond motifs is 1. The van der Waals surface area contributed by atoms with Crippen molar-refractivity contribution in [2.24, 2.45) is 5.92 Å². The molecule has 34 heavy (non-hydrogen) atoms. The molecule has 5 rings (SSSR count). The number of hydrogen-bond donors (Lipinski definition) is 2. The molecule has 1 aromatic carbocycles. The normalized spacial score (nSPS) is 14.2. The van der Waals surface area contributed by atoms with Gasteiger partial charge in [-0.1, -0.05) is 17.7 Å². The van der Waals surface area contributed by atoms with Crippen LogP contribution >= 0.6 is 11.6 Å². The van der Waals surface area contributed by atoms with Crippen molar-refractivity contribution in [1.82, 2.24) is 19.3 Å². The molecule has 1 aliphatic rings. The second kappa shape index (κ2) is 8.89. The summed E-state index contributed by atoms with van der Waals surface area (Å²) < 4.78 is 17.2. The molecule has 8 nitrogen and oxygen atoms in total. The van der Waals surface area contributed by atoms with Crippen molar-refractivity contribution >= 4 is 28.3 Å². The van der Waals surface area contributed by atoms with Gasteiger partial charge in [-0.05, 0) is 37.0 Å². The van der Waals surface area contributed by atoms with E-state index in [0.29, 0.717) is 28.3 Å². The third-order valence-electron chi connectivity index (χ3n) is 6.07. The second-order valence-corrected chi connectivity index (χ2v) is 8.67. The number of rotatable bonds is 7. The molecule has 4 aromatic rings. The van der Waals surface area contributed by atoms with Gasteiger partial charge in [0.1, 0.15) is 11.6 Å². The topological polar surface area (TPSA) is 109 Å². The molecule has 0 unspecified atom stereocenters. The number of aliphatic hydroxyl groups is 1. The molecule has 1 atom stereocenters. The summed E-state index contributed by atoms with van der Waals surface area (Å²) in [6, 6.07) is 9.56. The summed E-state index contributed by atoms with van der Waals surface area (Å²) in [6.45, 7) is 0.00123. The molecule has 0 amide bonds. The summed E-state index contributed by atoms with van der Waals surface area (Å²) in [5, 5.41) is 27.0. The Morgan fingerprint density at radius 3 is 2.88 bits per heavy atom. The number of pyridine rings is 2. The maximum absolute atomic E-state index is 14.3. The Kier molecular flexibility index (Phi) is 5.77. The van der Waals surface area contributed by atoms with Crippen molar-refractivity contribution in [3.8, 4) is 11.8 Å². The van der Waals surface area contributed by atoms with E-state index in [4.69, 9.17) is 11.6 Å². The SMILES string of the molecule is N#Cc1cccc(F)c1Cn1ncc2c(=O)n(-c3cc(N[C@H](CO)C4CC4)ncc3Cl)ccc21. The van der Waals surface area contributed by atoms with Crippen LogP contribution in [0, 0.1) is 23.1 Å². The molecule has 3 heterocycles. The standard InChI is InChI=1S/C24H20ClFN6O2/c25-18-11-28-23(30-20(13-33)14-4-5-14)8-22(18)31-7-6-21-16(24(31)34)10-29-32(21)12-17-15(9-27)2-1-3-19(17)26/h1-3,6-8,10-11,14,20,33H,4-5,12-13H2,(H,28,30)/t20-/m1/s1. The zero-order valence-corrected chi connectivity index (χ0v) is 18.7. The molecule has 1 fully saturated rings. The zero-order valence-electron chi connectivity index (χ0n) is 17.9. The smallest absolute Gasteiger partial charge is 0.266 e. The van der Waals surface area contributed by atoms with E-state index in [1.165, 1.54) is 33.8 Å². The molecule has 2 N–H and O–H groups in total. The lowest BCUT2D eigenvalue weighted by Gasteiger charge is -2.17. The third-order valence-corrected chi connectivity index (χ3v) is 6.37. The average Bonchev–Trinajstić information content (AvgIpc) is 3.60. The van der Waals surface area contributed by atoms with E-state index < -0.39 is 5.82 Å². The van der Waals surface area contributed by atoms with Crippen molar-refractivity contribution in [3.05, 3.63) is 81.2 Å². The maximum atomic E-state index is 14.3. The molecule has 3 aromatic heterocycles. The van der Waals surface area contributed by atoms with E-state index in [2.05, 4.69) is 15.4 Å². The van der Waals surface area contributed by atoms with E-state index in [0.717, 1.165) is 12.8 Å². The average molecular weight is 479 g/mol. The fourth-order valence-corrected chi connectivity index (χ4v) is 4.25. The first-order chi connectivity index (χ1) is 16.5. The number of benzene rings is 1. The Balaban J connectivity index is 1.51. The van der Waals surface area contributed by atoms with E-state index in [1.54, 1.807) is 24.4 Å². The highest BCUT2D eigenvalue weighted by atomic mass is 35.5. The fraction of sp³-hybridized carbons (Fsp3) is 0.250. The zero-order chi connectivity index (χ0) is 23.8. The Morgan fingerprint density at radius 2 is 2.15 bits per heavy atom. The highest BCUT2D eigenvalue weighted by molar-refractivity contribution is 6.32. The summed E-state index contributed by atoms with van der Waals surface area (Å²) in [6.07, 6.45) is 6.57. The number of nitrogens with one attached hydrogen (secondary N) is 1. The first-order valence-electron chi connectivity index (χ1n) is 10.8. The van der Waals surface area contributed by atoms with Crippen LogP contribution < -0.4 is 10.9 Å². The monoisotopic (exact) mass is 478 g/mol. The molecule has 10 heteroatoms. The lowest BCUT2D eigenvalue weighted by molar-refractivity contribution is 0.263. The number of hydrogen-bond acceptors (Lipinski definition) is 6. The van der Waals surface area contributed by atoms with Crippen LogP contribution in [0.4, 0.5) is 10.2 Å². The van der Waals surface area contributed by atoms with Crippen LogP contribution in [0.3, 0.4) is 0 Å². The summed E-state index contributed by atoms with van der Waals surface area (Å²) in [5.74, 6) is 0.412. The predicted molar refractivity (Wildman–Crippen MR) is 126 cm³/mol. The lowest BCUT2D eigenvalue weighted by atomic mass is 10.1. The summed E-state index contributed by atoms with van der Waals surface area (Å²) >= 11 is 6.37. The van der Waals surface area contributed by atoms with E-state index in [-0.39, 0.29) is 40.9 Å². The molecular formula is C24H20ClFN6O2. The molecule has 0 spiro atoms. The first kappa shape index (κ1) is 22.1. The van der Waals surface area contributed by atoms with Gasteiger partial charge in [0.2, 0.25) is 0 Å². The Bertz CT molecular complexity index is 1490. The van der Waals surface area contributed by atoms with Crippen molar-refractivity contribution in [2.75, 3.05) is 11.9 Å². The number of anilines is 1. The molecule has 0 radical (unpaired) electrons. The van der Waals surface area contributed by atoms with Gasteiger partial charge in [-0.15, -0.1) is 0 Å². The summed E-state index contributed by atoms with van der Waals surface area (Å²) in [5.41, 5.74) is 1.02. The highest BCUT2D eigenvalue weighted by Crippen LogP contribution is 2.34. The van der Waals surface area contributed by atoms with Gasteiger partial charge in [0.05, 0.1) is 64.8 Å². The molecule has 172 valence electrons. The summed E-state index contributed by atoms with van der Waals surface area (Å²) in [4.78, 5) is 17.6. The molecular weight excluding hydrogens is 459 g/mol.